The van der Waals surface area contributed by atoms with Gasteiger partial charge in [-0.2, -0.15) is 0 Å². The van der Waals surface area contributed by atoms with Crippen LogP contribution in [0.5, 0.6) is 0 Å². The van der Waals surface area contributed by atoms with Crippen LogP contribution in [0.15, 0.2) is 24.3 Å². The highest BCUT2D eigenvalue weighted by molar-refractivity contribution is 6.31. The Morgan fingerprint density at radius 1 is 1.28 bits per heavy atom. The van der Waals surface area contributed by atoms with Gasteiger partial charge in [0.05, 0.1) is 17.6 Å². The van der Waals surface area contributed by atoms with Crippen LogP contribution in [0.1, 0.15) is 25.7 Å². The minimum atomic E-state index is -0.340. The van der Waals surface area contributed by atoms with Gasteiger partial charge in [0.2, 0.25) is 5.91 Å². The monoisotopic (exact) mass is 264 g/mol. The Labute approximate surface area is 110 Å². The maximum Gasteiger partial charge on any atom is 0.329 e. The van der Waals surface area contributed by atoms with E-state index >= 15 is 0 Å². The average Bonchev–Trinajstić information content (AvgIpc) is 2.26. The first-order chi connectivity index (χ1) is 8.60. The molecule has 5 heteroatoms. The van der Waals surface area contributed by atoms with Crippen molar-refractivity contribution in [3.05, 3.63) is 29.3 Å². The van der Waals surface area contributed by atoms with Crippen molar-refractivity contribution in [3.63, 3.8) is 0 Å². The van der Waals surface area contributed by atoms with Crippen molar-refractivity contribution in [1.29, 1.82) is 0 Å². The number of hydrogen-bond acceptors (Lipinski definition) is 2. The van der Waals surface area contributed by atoms with Gasteiger partial charge in [0.25, 0.3) is 0 Å². The number of nitrogens with zero attached hydrogens (tertiary/aromatic N) is 1. The highest BCUT2D eigenvalue weighted by atomic mass is 35.5. The van der Waals surface area contributed by atoms with Crippen LogP contribution in [0, 0.1) is 0 Å². The second kappa shape index (κ2) is 3.99. The Morgan fingerprint density at radius 2 is 2.06 bits per heavy atom. The summed E-state index contributed by atoms with van der Waals surface area (Å²) in [6, 6.07) is 6.43. The fourth-order valence-corrected chi connectivity index (χ4v) is 2.78. The molecule has 0 bridgehead atoms. The molecular formula is C13H13ClN2O2. The van der Waals surface area contributed by atoms with Crippen LogP contribution < -0.4 is 10.2 Å². The molecule has 3 amide bonds. The second-order valence-electron chi connectivity index (χ2n) is 4.95. The molecule has 18 heavy (non-hydrogen) atoms. The van der Waals surface area contributed by atoms with E-state index in [9.17, 15) is 9.59 Å². The molecule has 1 aliphatic heterocycles. The normalized spacial score (nSPS) is 21.7. The van der Waals surface area contributed by atoms with Crippen molar-refractivity contribution < 1.29 is 9.59 Å². The number of carbonyl (C=O) groups is 2. The fraction of sp³-hybridized carbons (Fsp3) is 0.385. The third-order valence-corrected chi connectivity index (χ3v) is 3.93. The Balaban J connectivity index is 1.89. The Hall–Kier alpha value is -1.55. The maximum absolute atomic E-state index is 12.1. The number of urea groups is 1. The van der Waals surface area contributed by atoms with Gasteiger partial charge in [0.1, 0.15) is 0 Å². The molecule has 4 nitrogen and oxygen atoms in total. The second-order valence-corrected chi connectivity index (χ2v) is 5.39. The van der Waals surface area contributed by atoms with E-state index in [1.807, 2.05) is 0 Å². The van der Waals surface area contributed by atoms with E-state index in [0.717, 1.165) is 19.3 Å². The summed E-state index contributed by atoms with van der Waals surface area (Å²) in [6.45, 7) is 0. The van der Waals surface area contributed by atoms with Gasteiger partial charge in [0, 0.05) is 5.02 Å². The molecule has 1 aromatic rings. The Morgan fingerprint density at radius 3 is 2.61 bits per heavy atom. The molecule has 1 spiro atoms. The van der Waals surface area contributed by atoms with Gasteiger partial charge in [0.15, 0.2) is 0 Å². The van der Waals surface area contributed by atoms with Crippen LogP contribution in [0.3, 0.4) is 0 Å². The highest BCUT2D eigenvalue weighted by Gasteiger charge is 2.47. The van der Waals surface area contributed by atoms with Crippen LogP contribution in [-0.2, 0) is 4.79 Å². The van der Waals surface area contributed by atoms with Crippen LogP contribution in [0.25, 0.3) is 0 Å². The molecule has 1 heterocycles. The number of hydrogen-bond donors (Lipinski definition) is 1. The van der Waals surface area contributed by atoms with Gasteiger partial charge in [-0.1, -0.05) is 17.7 Å². The molecule has 1 aromatic carbocycles. The van der Waals surface area contributed by atoms with Crippen molar-refractivity contribution in [3.8, 4) is 0 Å². The van der Waals surface area contributed by atoms with Gasteiger partial charge < -0.3 is 5.32 Å². The lowest BCUT2D eigenvalue weighted by Crippen LogP contribution is -2.65. The molecular weight excluding hydrogens is 252 g/mol. The number of nitrogens with one attached hydrogen (secondary N) is 1. The molecule has 1 saturated carbocycles. The summed E-state index contributed by atoms with van der Waals surface area (Å²) >= 11 is 5.88. The lowest BCUT2D eigenvalue weighted by molar-refractivity contribution is -0.121. The zero-order chi connectivity index (χ0) is 12.8. The average molecular weight is 265 g/mol. The molecule has 0 radical (unpaired) electrons. The molecule has 0 aromatic heterocycles. The molecule has 3 rings (SSSR count). The molecule has 1 saturated heterocycles. The minimum Gasteiger partial charge on any atom is -0.331 e. The molecule has 2 fully saturated rings. The molecule has 0 atom stereocenters. The molecule has 2 aliphatic rings. The summed E-state index contributed by atoms with van der Waals surface area (Å²) in [4.78, 5) is 25.4. The van der Waals surface area contributed by atoms with E-state index in [-0.39, 0.29) is 17.5 Å². The topological polar surface area (TPSA) is 49.4 Å². The van der Waals surface area contributed by atoms with E-state index in [1.165, 1.54) is 4.90 Å². The van der Waals surface area contributed by atoms with Gasteiger partial charge in [-0.05, 0) is 37.5 Å². The molecule has 1 aliphatic carbocycles. The summed E-state index contributed by atoms with van der Waals surface area (Å²) < 4.78 is 0. The number of anilines is 1. The number of imide groups is 1. The molecule has 0 unspecified atom stereocenters. The molecule has 1 N–H and O–H groups in total. The van der Waals surface area contributed by atoms with E-state index < -0.39 is 0 Å². The lowest BCUT2D eigenvalue weighted by atomic mass is 9.73. The summed E-state index contributed by atoms with van der Waals surface area (Å²) in [5.41, 5.74) is 0.252. The van der Waals surface area contributed by atoms with E-state index in [2.05, 4.69) is 5.32 Å². The smallest absolute Gasteiger partial charge is 0.329 e. The van der Waals surface area contributed by atoms with Crippen molar-refractivity contribution in [2.24, 2.45) is 0 Å². The number of amides is 3. The molecule has 94 valence electrons. The summed E-state index contributed by atoms with van der Waals surface area (Å²) in [5.74, 6) is -0.152. The minimum absolute atomic E-state index is 0.152. The van der Waals surface area contributed by atoms with Gasteiger partial charge in [-0.3, -0.25) is 4.79 Å². The zero-order valence-corrected chi connectivity index (χ0v) is 10.5. The van der Waals surface area contributed by atoms with Crippen LogP contribution in [0.2, 0.25) is 5.02 Å². The summed E-state index contributed by atoms with van der Waals surface area (Å²) in [7, 11) is 0. The SMILES string of the molecule is O=C1CC2(CCC2)NC(=O)N1c1cccc(Cl)c1. The quantitative estimate of drug-likeness (QED) is 0.848. The number of halogens is 1. The van der Waals surface area contributed by atoms with Crippen molar-refractivity contribution in [2.75, 3.05) is 4.90 Å². The number of carbonyl (C=O) groups excluding carboxylic acids is 2. The third-order valence-electron chi connectivity index (χ3n) is 3.69. The van der Waals surface area contributed by atoms with Crippen LogP contribution >= 0.6 is 11.6 Å². The Kier molecular flexibility index (Phi) is 2.55. The van der Waals surface area contributed by atoms with Gasteiger partial charge >= 0.3 is 6.03 Å². The van der Waals surface area contributed by atoms with E-state index in [0.29, 0.717) is 17.1 Å². The largest absolute Gasteiger partial charge is 0.331 e. The standard InChI is InChI=1S/C13H13ClN2O2/c14-9-3-1-4-10(7-9)16-11(17)8-13(5-2-6-13)15-12(16)18/h1,3-4,7H,2,5-6,8H2,(H,15,18). The Bertz CT molecular complexity index is 505. The van der Waals surface area contributed by atoms with Crippen LogP contribution in [-0.4, -0.2) is 17.5 Å². The number of benzene rings is 1. The number of rotatable bonds is 1. The first-order valence-electron chi connectivity index (χ1n) is 6.00. The van der Waals surface area contributed by atoms with Crippen molar-refractivity contribution in [2.45, 2.75) is 31.2 Å². The van der Waals surface area contributed by atoms with E-state index in [4.69, 9.17) is 11.6 Å². The van der Waals surface area contributed by atoms with Crippen molar-refractivity contribution in [1.82, 2.24) is 5.32 Å². The predicted molar refractivity (Wildman–Crippen MR) is 68.7 cm³/mol. The summed E-state index contributed by atoms with van der Waals surface area (Å²) in [5, 5.41) is 3.46. The van der Waals surface area contributed by atoms with Gasteiger partial charge in [-0.15, -0.1) is 0 Å². The van der Waals surface area contributed by atoms with Crippen LogP contribution in [0.4, 0.5) is 10.5 Å². The zero-order valence-electron chi connectivity index (χ0n) is 9.78. The first kappa shape index (κ1) is 11.5. The van der Waals surface area contributed by atoms with Gasteiger partial charge in [-0.25, -0.2) is 9.69 Å². The fourth-order valence-electron chi connectivity index (χ4n) is 2.59. The predicted octanol–water partition coefficient (Wildman–Crippen LogP) is 2.71. The highest BCUT2D eigenvalue weighted by Crippen LogP contribution is 2.38. The third kappa shape index (κ3) is 1.77. The lowest BCUT2D eigenvalue weighted by Gasteiger charge is -2.47. The summed E-state index contributed by atoms with van der Waals surface area (Å²) in [6.07, 6.45) is 3.25. The first-order valence-corrected chi connectivity index (χ1v) is 6.38. The van der Waals surface area contributed by atoms with E-state index in [1.54, 1.807) is 24.3 Å². The van der Waals surface area contributed by atoms with Crippen molar-refractivity contribution >= 4 is 29.2 Å². The maximum atomic E-state index is 12.1.